The lowest BCUT2D eigenvalue weighted by atomic mass is 10.1. The van der Waals surface area contributed by atoms with Crippen molar-refractivity contribution in [2.45, 2.75) is 25.4 Å². The van der Waals surface area contributed by atoms with Gasteiger partial charge in [0.05, 0.1) is 17.8 Å². The van der Waals surface area contributed by atoms with Gasteiger partial charge < -0.3 is 10.1 Å². The Labute approximate surface area is 183 Å². The predicted octanol–water partition coefficient (Wildman–Crippen LogP) is 2.84. The molecular formula is C21H20ClN5O4. The number of benzene rings is 2. The van der Waals surface area contributed by atoms with Crippen LogP contribution in [0.5, 0.6) is 5.75 Å². The van der Waals surface area contributed by atoms with Crippen LogP contribution in [0.2, 0.25) is 5.02 Å². The predicted molar refractivity (Wildman–Crippen MR) is 114 cm³/mol. The number of amides is 3. The maximum Gasteiger partial charge on any atom is 0.263 e. The van der Waals surface area contributed by atoms with Gasteiger partial charge in [-0.3, -0.25) is 19.4 Å². The molecule has 0 aromatic heterocycles. The maximum atomic E-state index is 13.0. The molecule has 2 aliphatic heterocycles. The molecule has 0 aliphatic carbocycles. The van der Waals surface area contributed by atoms with Crippen LogP contribution in [0.15, 0.2) is 52.8 Å². The summed E-state index contributed by atoms with van der Waals surface area (Å²) in [4.78, 5) is 39.3. The Hall–Kier alpha value is -3.46. The molecule has 1 fully saturated rings. The van der Waals surface area contributed by atoms with E-state index < -0.39 is 23.9 Å². The summed E-state index contributed by atoms with van der Waals surface area (Å²) in [6, 6.07) is 10.1. The van der Waals surface area contributed by atoms with Crippen LogP contribution in [-0.2, 0) is 20.8 Å². The van der Waals surface area contributed by atoms with E-state index in [4.69, 9.17) is 16.3 Å². The van der Waals surface area contributed by atoms with Crippen molar-refractivity contribution in [2.24, 2.45) is 10.3 Å². The molecule has 9 nitrogen and oxygen atoms in total. The van der Waals surface area contributed by atoms with Crippen molar-refractivity contribution in [3.05, 3.63) is 53.1 Å². The summed E-state index contributed by atoms with van der Waals surface area (Å²) in [6.45, 7) is 1.84. The molecule has 4 rings (SSSR count). The number of methoxy groups -OCH3 is 1. The average molecular weight is 442 g/mol. The second-order valence-corrected chi connectivity index (χ2v) is 7.53. The summed E-state index contributed by atoms with van der Waals surface area (Å²) in [5.74, 6) is -0.968. The molecule has 31 heavy (non-hydrogen) atoms. The van der Waals surface area contributed by atoms with Crippen LogP contribution in [0.4, 0.5) is 11.4 Å². The average Bonchev–Trinajstić information content (AvgIpc) is 3.28. The van der Waals surface area contributed by atoms with E-state index in [0.717, 1.165) is 16.9 Å². The van der Waals surface area contributed by atoms with Gasteiger partial charge in [-0.1, -0.05) is 35.9 Å². The van der Waals surface area contributed by atoms with Crippen molar-refractivity contribution in [3.8, 4) is 5.75 Å². The smallest absolute Gasteiger partial charge is 0.263 e. The number of aryl methyl sites for hydroxylation is 1. The van der Waals surface area contributed by atoms with Crippen LogP contribution >= 0.6 is 11.6 Å². The Morgan fingerprint density at radius 3 is 2.55 bits per heavy atom. The lowest BCUT2D eigenvalue weighted by Gasteiger charge is -2.20. The van der Waals surface area contributed by atoms with Crippen LogP contribution in [0.1, 0.15) is 12.5 Å². The third kappa shape index (κ3) is 3.84. The highest BCUT2D eigenvalue weighted by Crippen LogP contribution is 2.35. The van der Waals surface area contributed by atoms with Gasteiger partial charge in [0, 0.05) is 5.69 Å². The van der Waals surface area contributed by atoms with Gasteiger partial charge in [0.1, 0.15) is 12.3 Å². The van der Waals surface area contributed by atoms with E-state index in [2.05, 4.69) is 15.7 Å². The molecular weight excluding hydrogens is 422 g/mol. The van der Waals surface area contributed by atoms with Gasteiger partial charge in [-0.25, -0.2) is 4.90 Å². The van der Waals surface area contributed by atoms with E-state index in [1.54, 1.807) is 12.1 Å². The number of halogens is 1. The van der Waals surface area contributed by atoms with Crippen LogP contribution < -0.4 is 15.0 Å². The van der Waals surface area contributed by atoms with Crippen molar-refractivity contribution in [2.75, 3.05) is 23.9 Å². The second kappa shape index (κ2) is 8.35. The van der Waals surface area contributed by atoms with E-state index in [-0.39, 0.29) is 17.5 Å². The number of carbonyl (C=O) groups excluding carboxylic acids is 3. The molecule has 0 unspecified atom stereocenters. The molecule has 1 saturated heterocycles. The number of anilines is 2. The first kappa shape index (κ1) is 20.8. The zero-order valence-electron chi connectivity index (χ0n) is 16.9. The molecule has 2 aromatic rings. The largest absolute Gasteiger partial charge is 0.495 e. The van der Waals surface area contributed by atoms with Crippen molar-refractivity contribution < 1.29 is 19.1 Å². The third-order valence-electron chi connectivity index (χ3n) is 5.20. The van der Waals surface area contributed by atoms with E-state index >= 15 is 0 Å². The minimum absolute atomic E-state index is 0.212. The molecule has 2 atom stereocenters. The first-order valence-corrected chi connectivity index (χ1v) is 10.1. The van der Waals surface area contributed by atoms with Gasteiger partial charge >= 0.3 is 0 Å². The molecule has 2 heterocycles. The molecule has 0 spiro atoms. The van der Waals surface area contributed by atoms with Gasteiger partial charge in [0.15, 0.2) is 12.1 Å². The van der Waals surface area contributed by atoms with Gasteiger partial charge in [-0.2, -0.15) is 5.11 Å². The summed E-state index contributed by atoms with van der Waals surface area (Å²) in [7, 11) is 1.47. The van der Waals surface area contributed by atoms with E-state index in [1.807, 2.05) is 31.2 Å². The highest BCUT2D eigenvalue weighted by atomic mass is 35.5. The molecule has 1 N–H and O–H groups in total. The van der Waals surface area contributed by atoms with E-state index in [9.17, 15) is 14.4 Å². The quantitative estimate of drug-likeness (QED) is 0.694. The fraction of sp³-hybridized carbons (Fsp3) is 0.286. The number of hydrogen-bond acceptors (Lipinski definition) is 7. The van der Waals surface area contributed by atoms with Crippen molar-refractivity contribution in [1.29, 1.82) is 0 Å². The summed E-state index contributed by atoms with van der Waals surface area (Å²) in [5, 5.41) is 12.1. The highest BCUT2D eigenvalue weighted by Gasteiger charge is 2.55. The standard InChI is InChI=1S/C21H20ClN5O4/c1-3-12-4-6-13(7-5-12)23-17(28)11-26-19-18(24-25-26)20(29)27(21(19)30)14-8-9-16(31-2)15(22)10-14/h4-10,18-19H,3,11H2,1-2H3,(H,23,28)/t18-,19+/m1/s1. The van der Waals surface area contributed by atoms with Crippen molar-refractivity contribution in [3.63, 3.8) is 0 Å². The van der Waals surface area contributed by atoms with E-state index in [0.29, 0.717) is 17.1 Å². The Morgan fingerprint density at radius 2 is 1.90 bits per heavy atom. The van der Waals surface area contributed by atoms with E-state index in [1.165, 1.54) is 18.2 Å². The number of fused-ring (bicyclic) bond motifs is 1. The fourth-order valence-electron chi connectivity index (χ4n) is 3.57. The second-order valence-electron chi connectivity index (χ2n) is 7.12. The number of rotatable bonds is 6. The number of carbonyl (C=O) groups is 3. The van der Waals surface area contributed by atoms with Gasteiger partial charge in [0.2, 0.25) is 5.91 Å². The van der Waals surface area contributed by atoms with Crippen LogP contribution in [-0.4, -0.2) is 48.5 Å². The SMILES string of the molecule is CCc1ccc(NC(=O)CN2N=N[C@H]3C(=O)N(c4ccc(OC)c(Cl)c4)C(=O)[C@H]32)cc1. The first-order chi connectivity index (χ1) is 14.9. The minimum Gasteiger partial charge on any atom is -0.495 e. The molecule has 0 radical (unpaired) electrons. The van der Waals surface area contributed by atoms with Crippen LogP contribution in [0.25, 0.3) is 0 Å². The summed E-state index contributed by atoms with van der Waals surface area (Å²) < 4.78 is 5.11. The van der Waals surface area contributed by atoms with Crippen molar-refractivity contribution >= 4 is 40.7 Å². The number of nitrogens with zero attached hydrogens (tertiary/aromatic N) is 4. The van der Waals surface area contributed by atoms with Crippen LogP contribution in [0.3, 0.4) is 0 Å². The number of hydrogen-bond donors (Lipinski definition) is 1. The first-order valence-electron chi connectivity index (χ1n) is 9.70. The number of nitrogens with one attached hydrogen (secondary N) is 1. The highest BCUT2D eigenvalue weighted by molar-refractivity contribution is 6.33. The Balaban J connectivity index is 1.47. The normalized spacial score (nSPS) is 19.7. The fourth-order valence-corrected chi connectivity index (χ4v) is 3.83. The molecule has 160 valence electrons. The summed E-state index contributed by atoms with van der Waals surface area (Å²) in [5.41, 5.74) is 2.10. The topological polar surface area (TPSA) is 104 Å². The zero-order valence-corrected chi connectivity index (χ0v) is 17.7. The summed E-state index contributed by atoms with van der Waals surface area (Å²) >= 11 is 6.14. The van der Waals surface area contributed by atoms with Crippen molar-refractivity contribution in [1.82, 2.24) is 5.01 Å². The summed E-state index contributed by atoms with van der Waals surface area (Å²) in [6.07, 6.45) is 0.900. The Kier molecular flexibility index (Phi) is 5.60. The molecule has 3 amide bonds. The molecule has 0 bridgehead atoms. The monoisotopic (exact) mass is 441 g/mol. The molecule has 2 aliphatic rings. The van der Waals surface area contributed by atoms with Gasteiger partial charge in [-0.05, 0) is 42.3 Å². The zero-order chi connectivity index (χ0) is 22.1. The van der Waals surface area contributed by atoms with Gasteiger partial charge in [-0.15, -0.1) is 0 Å². The molecule has 2 aromatic carbocycles. The molecule has 0 saturated carbocycles. The van der Waals surface area contributed by atoms with Gasteiger partial charge in [0.25, 0.3) is 11.8 Å². The van der Waals surface area contributed by atoms with Crippen LogP contribution in [0, 0.1) is 0 Å². The lowest BCUT2D eigenvalue weighted by Crippen LogP contribution is -2.43. The third-order valence-corrected chi connectivity index (χ3v) is 5.50. The maximum absolute atomic E-state index is 13.0. The number of ether oxygens (including phenoxy) is 1. The number of imide groups is 1. The minimum atomic E-state index is -0.995. The Morgan fingerprint density at radius 1 is 1.16 bits per heavy atom. The lowest BCUT2D eigenvalue weighted by molar-refractivity contribution is -0.123. The molecule has 10 heteroatoms. The Bertz CT molecular complexity index is 1070.